The van der Waals surface area contributed by atoms with Crippen molar-refractivity contribution in [1.82, 2.24) is 0 Å². The first-order chi connectivity index (χ1) is 10.2. The lowest BCUT2D eigenvalue weighted by atomic mass is 9.72. The lowest BCUT2D eigenvalue weighted by Crippen LogP contribution is -2.29. The van der Waals surface area contributed by atoms with E-state index in [-0.39, 0.29) is 6.04 Å². The van der Waals surface area contributed by atoms with Gasteiger partial charge in [-0.3, -0.25) is 0 Å². The van der Waals surface area contributed by atoms with E-state index in [0.29, 0.717) is 6.42 Å². The van der Waals surface area contributed by atoms with E-state index in [1.165, 1.54) is 0 Å². The summed E-state index contributed by atoms with van der Waals surface area (Å²) in [5.74, 6) is 0. The number of hydrogen-bond donors (Lipinski definition) is 0. The topological polar surface area (TPSA) is 36.1 Å². The highest BCUT2D eigenvalue weighted by Crippen LogP contribution is 2.36. The number of hydrogen-bond acceptors (Lipinski definition) is 3. The molecule has 0 N–H and O–H groups in total. The summed E-state index contributed by atoms with van der Waals surface area (Å²) in [7, 11) is 0. The van der Waals surface area contributed by atoms with Crippen LogP contribution in [-0.4, -0.2) is 11.2 Å². The molecule has 2 nitrogen and oxygen atoms in total. The van der Waals surface area contributed by atoms with Crippen molar-refractivity contribution in [2.24, 2.45) is 4.99 Å². The summed E-state index contributed by atoms with van der Waals surface area (Å²) in [6.45, 7) is 1.96. The van der Waals surface area contributed by atoms with Crippen molar-refractivity contribution in [3.8, 4) is 6.07 Å². The lowest BCUT2D eigenvalue weighted by molar-refractivity contribution is 0.528. The molecule has 0 aromatic heterocycles. The van der Waals surface area contributed by atoms with Crippen molar-refractivity contribution in [1.29, 1.82) is 5.26 Å². The largest absolute Gasteiger partial charge is 0.229 e. The van der Waals surface area contributed by atoms with Crippen molar-refractivity contribution < 1.29 is 0 Å². The average Bonchev–Trinajstić information content (AvgIpc) is 2.54. The van der Waals surface area contributed by atoms with Crippen LogP contribution in [0.4, 0.5) is 0 Å². The van der Waals surface area contributed by atoms with Gasteiger partial charge >= 0.3 is 0 Å². The van der Waals surface area contributed by atoms with Gasteiger partial charge in [0.1, 0.15) is 5.41 Å². The van der Waals surface area contributed by atoms with Crippen LogP contribution in [0.15, 0.2) is 65.7 Å². The van der Waals surface area contributed by atoms with Crippen molar-refractivity contribution >= 4 is 17.4 Å². The lowest BCUT2D eigenvalue weighted by Gasteiger charge is -2.29. The van der Waals surface area contributed by atoms with Crippen LogP contribution in [0.3, 0.4) is 0 Å². The molecule has 0 spiro atoms. The first kappa shape index (κ1) is 15.1. The fourth-order valence-electron chi connectivity index (χ4n) is 2.60. The van der Waals surface area contributed by atoms with E-state index >= 15 is 0 Å². The third kappa shape index (κ3) is 3.25. The van der Waals surface area contributed by atoms with E-state index in [2.05, 4.69) is 28.4 Å². The Labute approximate surface area is 130 Å². The van der Waals surface area contributed by atoms with Crippen LogP contribution in [-0.2, 0) is 5.41 Å². The third-order valence-electron chi connectivity index (χ3n) is 3.60. The highest BCUT2D eigenvalue weighted by molar-refractivity contribution is 7.78. The number of nitrogens with zero attached hydrogens (tertiary/aromatic N) is 2. The summed E-state index contributed by atoms with van der Waals surface area (Å²) in [4.78, 5) is 4.12. The van der Waals surface area contributed by atoms with E-state index in [9.17, 15) is 5.26 Å². The number of thiocarbonyl (C=S) groups is 1. The van der Waals surface area contributed by atoms with Gasteiger partial charge in [0.15, 0.2) is 0 Å². The number of aliphatic imine (C=N–C) groups is 1. The van der Waals surface area contributed by atoms with Crippen LogP contribution in [0, 0.1) is 11.3 Å². The van der Waals surface area contributed by atoms with Gasteiger partial charge in [-0.25, -0.2) is 4.99 Å². The molecule has 0 amide bonds. The van der Waals surface area contributed by atoms with Crippen molar-refractivity contribution in [3.63, 3.8) is 0 Å². The van der Waals surface area contributed by atoms with E-state index in [1.54, 1.807) is 0 Å². The quantitative estimate of drug-likeness (QED) is 0.605. The first-order valence-corrected chi connectivity index (χ1v) is 7.23. The maximum absolute atomic E-state index is 9.96. The first-order valence-electron chi connectivity index (χ1n) is 6.82. The maximum atomic E-state index is 9.96. The Hall–Kier alpha value is -2.27. The van der Waals surface area contributed by atoms with E-state index < -0.39 is 5.41 Å². The molecule has 0 saturated carbocycles. The number of nitriles is 1. The summed E-state index contributed by atoms with van der Waals surface area (Å²) in [5, 5.41) is 12.4. The fraction of sp³-hybridized carbons (Fsp3) is 0.222. The zero-order valence-corrected chi connectivity index (χ0v) is 12.7. The van der Waals surface area contributed by atoms with Crippen LogP contribution >= 0.6 is 12.2 Å². The minimum atomic E-state index is -0.725. The molecule has 0 heterocycles. The monoisotopic (exact) mass is 292 g/mol. The molecule has 1 unspecified atom stereocenters. The molecule has 104 valence electrons. The van der Waals surface area contributed by atoms with Gasteiger partial charge in [0.05, 0.1) is 17.3 Å². The molecule has 21 heavy (non-hydrogen) atoms. The molecule has 0 radical (unpaired) electrons. The molecule has 3 heteroatoms. The van der Waals surface area contributed by atoms with E-state index in [0.717, 1.165) is 11.1 Å². The molecular weight excluding hydrogens is 276 g/mol. The Morgan fingerprint density at radius 3 is 1.90 bits per heavy atom. The number of rotatable bonds is 5. The van der Waals surface area contributed by atoms with Crippen molar-refractivity contribution in [2.75, 3.05) is 0 Å². The third-order valence-corrected chi connectivity index (χ3v) is 3.70. The zero-order valence-electron chi connectivity index (χ0n) is 11.9. The Bertz CT molecular complexity index is 628. The molecule has 2 aromatic rings. The summed E-state index contributed by atoms with van der Waals surface area (Å²) >= 11 is 4.69. The Morgan fingerprint density at radius 1 is 1.05 bits per heavy atom. The summed E-state index contributed by atoms with van der Waals surface area (Å²) < 4.78 is 0. The SMILES string of the molecule is CC(CC(C#N)(c1ccccc1)c1ccccc1)N=C=S. The molecule has 0 aliphatic heterocycles. The van der Waals surface area contributed by atoms with Crippen LogP contribution in [0.1, 0.15) is 24.5 Å². The Morgan fingerprint density at radius 2 is 1.52 bits per heavy atom. The molecule has 0 aliphatic carbocycles. The smallest absolute Gasteiger partial charge is 0.109 e. The van der Waals surface area contributed by atoms with Gasteiger partial charge in [0, 0.05) is 0 Å². The van der Waals surface area contributed by atoms with Gasteiger partial charge in [0.25, 0.3) is 0 Å². The second kappa shape index (κ2) is 6.95. The summed E-state index contributed by atoms with van der Waals surface area (Å²) in [5.41, 5.74) is 1.23. The number of benzene rings is 2. The normalized spacial score (nSPS) is 12.0. The zero-order chi connectivity index (χ0) is 15.1. The van der Waals surface area contributed by atoms with Crippen molar-refractivity contribution in [2.45, 2.75) is 24.8 Å². The second-order valence-corrected chi connectivity index (χ2v) is 5.21. The summed E-state index contributed by atoms with van der Waals surface area (Å²) in [6, 6.07) is 22.1. The van der Waals surface area contributed by atoms with Gasteiger partial charge in [-0.1, -0.05) is 60.7 Å². The second-order valence-electron chi connectivity index (χ2n) is 5.02. The predicted molar refractivity (Wildman–Crippen MR) is 88.4 cm³/mol. The Kier molecular flexibility index (Phi) is 5.00. The minimum Gasteiger partial charge on any atom is -0.229 e. The molecular formula is C18H16N2S. The van der Waals surface area contributed by atoms with Crippen molar-refractivity contribution in [3.05, 3.63) is 71.8 Å². The predicted octanol–water partition coefficient (Wildman–Crippen LogP) is 4.38. The van der Waals surface area contributed by atoms with Gasteiger partial charge in [-0.2, -0.15) is 5.26 Å². The van der Waals surface area contributed by atoms with Gasteiger partial charge < -0.3 is 0 Å². The molecule has 1 atom stereocenters. The van der Waals surface area contributed by atoms with Crippen LogP contribution in [0.25, 0.3) is 0 Å². The minimum absolute atomic E-state index is 0.0671. The van der Waals surface area contributed by atoms with Gasteiger partial charge in [-0.15, -0.1) is 0 Å². The van der Waals surface area contributed by atoms with E-state index in [1.807, 2.05) is 67.6 Å². The fourth-order valence-corrected chi connectivity index (χ4v) is 2.78. The average molecular weight is 292 g/mol. The van der Waals surface area contributed by atoms with Crippen LogP contribution in [0.5, 0.6) is 0 Å². The molecule has 2 rings (SSSR count). The Balaban J connectivity index is 2.57. The molecule has 0 fully saturated rings. The molecule has 0 bridgehead atoms. The molecule has 0 aliphatic rings. The maximum Gasteiger partial charge on any atom is 0.109 e. The standard InChI is InChI=1S/C18H16N2S/c1-15(20-14-21)12-18(13-19,16-8-4-2-5-9-16)17-10-6-3-7-11-17/h2-11,15H,12H2,1H3. The highest BCUT2D eigenvalue weighted by atomic mass is 32.1. The number of isothiocyanates is 1. The summed E-state index contributed by atoms with van der Waals surface area (Å²) in [6.07, 6.45) is 0.571. The molecule has 2 aromatic carbocycles. The van der Waals surface area contributed by atoms with E-state index in [4.69, 9.17) is 0 Å². The van der Waals surface area contributed by atoms with Gasteiger partial charge in [-0.05, 0) is 36.7 Å². The van der Waals surface area contributed by atoms with Gasteiger partial charge in [0.2, 0.25) is 0 Å². The highest BCUT2D eigenvalue weighted by Gasteiger charge is 2.35. The van der Waals surface area contributed by atoms with Crippen LogP contribution in [0.2, 0.25) is 0 Å². The molecule has 0 saturated heterocycles. The van der Waals surface area contributed by atoms with Crippen LogP contribution < -0.4 is 0 Å².